The molecule has 0 bridgehead atoms. The van der Waals surface area contributed by atoms with Gasteiger partial charge in [-0.15, -0.1) is 23.2 Å². The number of esters is 1. The number of carbonyl (C=O) groups is 3. The number of ether oxygens (including phenoxy) is 2. The average molecular weight is 486 g/mol. The summed E-state index contributed by atoms with van der Waals surface area (Å²) in [4.78, 5) is 36.8. The standard InChI is InChI=1S/C22H32BCl2N2O5/c1-16-5-6-17(14-31-21(30)27(9-7-24)10-8-25)11-18(16)12-19(26-23-15-28)13-20(29)32-22(2,3)4/h5-6,11,15,19,26H,7-10,12-14H2,1-4H3/t19-/m0/s1. The first-order chi connectivity index (χ1) is 15.1. The maximum atomic E-state index is 12.3. The molecule has 1 aromatic carbocycles. The number of halogens is 2. The van der Waals surface area contributed by atoms with Crippen LogP contribution in [0, 0.1) is 6.92 Å². The molecule has 7 nitrogen and oxygen atoms in total. The van der Waals surface area contributed by atoms with Crippen LogP contribution in [0.25, 0.3) is 0 Å². The third-order valence-corrected chi connectivity index (χ3v) is 4.78. The van der Waals surface area contributed by atoms with Crippen LogP contribution in [0.5, 0.6) is 0 Å². The molecular formula is C22H32BCl2N2O5. The van der Waals surface area contributed by atoms with Gasteiger partial charge in [-0.1, -0.05) is 18.2 Å². The first-order valence-corrected chi connectivity index (χ1v) is 11.5. The van der Waals surface area contributed by atoms with Crippen molar-refractivity contribution >= 4 is 48.9 Å². The van der Waals surface area contributed by atoms with Gasteiger partial charge in [-0.25, -0.2) is 4.79 Å². The van der Waals surface area contributed by atoms with Crippen LogP contribution >= 0.6 is 23.2 Å². The van der Waals surface area contributed by atoms with Crippen molar-refractivity contribution in [2.75, 3.05) is 24.8 Å². The Hall–Kier alpha value is -1.77. The van der Waals surface area contributed by atoms with Crippen molar-refractivity contribution in [2.45, 2.75) is 58.8 Å². The van der Waals surface area contributed by atoms with Crippen molar-refractivity contribution in [3.63, 3.8) is 0 Å². The fourth-order valence-electron chi connectivity index (χ4n) is 2.98. The lowest BCUT2D eigenvalue weighted by atomic mass is 9.91. The highest BCUT2D eigenvalue weighted by Crippen LogP contribution is 2.17. The van der Waals surface area contributed by atoms with Gasteiger partial charge >= 0.3 is 12.1 Å². The van der Waals surface area contributed by atoms with Crippen molar-refractivity contribution in [2.24, 2.45) is 0 Å². The van der Waals surface area contributed by atoms with Gasteiger partial charge in [-0.2, -0.15) is 0 Å². The van der Waals surface area contributed by atoms with E-state index in [0.717, 1.165) is 16.7 Å². The van der Waals surface area contributed by atoms with Gasteiger partial charge < -0.3 is 24.4 Å². The molecule has 1 atom stereocenters. The number of nitrogens with zero attached hydrogens (tertiary/aromatic N) is 1. The predicted octanol–water partition coefficient (Wildman–Crippen LogP) is 3.45. The second-order valence-corrected chi connectivity index (χ2v) is 9.10. The average Bonchev–Trinajstić information content (AvgIpc) is 2.70. The molecule has 1 amide bonds. The normalized spacial score (nSPS) is 12.1. The minimum atomic E-state index is -0.587. The summed E-state index contributed by atoms with van der Waals surface area (Å²) in [6.45, 7) is 8.19. The van der Waals surface area contributed by atoms with Crippen molar-refractivity contribution in [3.05, 3.63) is 34.9 Å². The molecule has 0 aliphatic rings. The van der Waals surface area contributed by atoms with Gasteiger partial charge in [0.05, 0.1) is 12.6 Å². The Bertz CT molecular complexity index is 752. The van der Waals surface area contributed by atoms with E-state index in [4.69, 9.17) is 32.7 Å². The molecular weight excluding hydrogens is 454 g/mol. The summed E-state index contributed by atoms with van der Waals surface area (Å²) in [6.07, 6.45) is 0.755. The third kappa shape index (κ3) is 11.2. The fraction of sp³-hybridized carbons (Fsp3) is 0.591. The highest BCUT2D eigenvalue weighted by molar-refractivity contribution is 6.64. The van der Waals surface area contributed by atoms with Gasteiger partial charge in [0, 0.05) is 30.9 Å². The summed E-state index contributed by atoms with van der Waals surface area (Å²) in [7, 11) is 1.28. The summed E-state index contributed by atoms with van der Waals surface area (Å²) in [5.74, 6) is 0.241. The fourth-order valence-corrected chi connectivity index (χ4v) is 3.39. The second kappa shape index (κ2) is 14.4. The predicted molar refractivity (Wildman–Crippen MR) is 128 cm³/mol. The van der Waals surface area contributed by atoms with Crippen LogP contribution in [-0.2, 0) is 32.1 Å². The molecule has 32 heavy (non-hydrogen) atoms. The lowest BCUT2D eigenvalue weighted by Gasteiger charge is -2.23. The SMILES string of the molecule is Cc1ccc(COC(=O)N(CCCl)CCCl)cc1C[C@@H](CC(=O)OC(C)(C)C)N[B]C=O. The van der Waals surface area contributed by atoms with Crippen LogP contribution in [0.2, 0.25) is 0 Å². The molecule has 0 aromatic heterocycles. The van der Waals surface area contributed by atoms with E-state index in [1.54, 1.807) is 20.8 Å². The lowest BCUT2D eigenvalue weighted by Crippen LogP contribution is -2.38. The van der Waals surface area contributed by atoms with Crippen LogP contribution in [0.3, 0.4) is 0 Å². The molecule has 0 aliphatic heterocycles. The molecule has 0 heterocycles. The summed E-state index contributed by atoms with van der Waals surface area (Å²) in [6, 6.07) is 5.42. The minimum absolute atomic E-state index is 0.0950. The first kappa shape index (κ1) is 28.3. The zero-order valence-electron chi connectivity index (χ0n) is 19.2. The lowest BCUT2D eigenvalue weighted by molar-refractivity contribution is -0.155. The maximum absolute atomic E-state index is 12.3. The van der Waals surface area contributed by atoms with Crippen molar-refractivity contribution < 1.29 is 23.9 Å². The Morgan fingerprint density at radius 1 is 1.22 bits per heavy atom. The molecule has 0 spiro atoms. The number of aryl methyl sites for hydroxylation is 1. The van der Waals surface area contributed by atoms with E-state index in [-0.39, 0.29) is 25.0 Å². The molecule has 1 aromatic rings. The van der Waals surface area contributed by atoms with Gasteiger partial charge in [0.15, 0.2) is 0 Å². The molecule has 10 heteroatoms. The van der Waals surface area contributed by atoms with Crippen LogP contribution in [0.1, 0.15) is 43.9 Å². The van der Waals surface area contributed by atoms with Crippen LogP contribution in [0.4, 0.5) is 4.79 Å². The summed E-state index contributed by atoms with van der Waals surface area (Å²) in [5, 5.41) is 2.96. The van der Waals surface area contributed by atoms with Gasteiger partial charge in [0.1, 0.15) is 12.2 Å². The van der Waals surface area contributed by atoms with Crippen molar-refractivity contribution in [3.8, 4) is 0 Å². The molecule has 1 rings (SSSR count). The van der Waals surface area contributed by atoms with Gasteiger partial charge in [0.25, 0.3) is 7.41 Å². The Balaban J connectivity index is 2.85. The highest BCUT2D eigenvalue weighted by atomic mass is 35.5. The summed E-state index contributed by atoms with van der Waals surface area (Å²) in [5.41, 5.74) is 2.22. The molecule has 0 saturated carbocycles. The zero-order valence-corrected chi connectivity index (χ0v) is 20.7. The Morgan fingerprint density at radius 2 is 1.88 bits per heavy atom. The second-order valence-electron chi connectivity index (χ2n) is 8.34. The van der Waals surface area contributed by atoms with E-state index in [0.29, 0.717) is 37.5 Å². The van der Waals surface area contributed by atoms with E-state index in [2.05, 4.69) is 5.23 Å². The number of carbonyl (C=O) groups excluding carboxylic acids is 3. The third-order valence-electron chi connectivity index (χ3n) is 4.44. The highest BCUT2D eigenvalue weighted by Gasteiger charge is 2.21. The van der Waals surface area contributed by atoms with E-state index >= 15 is 0 Å². The van der Waals surface area contributed by atoms with Crippen LogP contribution in [-0.4, -0.2) is 67.1 Å². The summed E-state index contributed by atoms with van der Waals surface area (Å²) < 4.78 is 10.8. The van der Waals surface area contributed by atoms with Crippen LogP contribution < -0.4 is 5.23 Å². The number of amides is 1. The Kier molecular flexibility index (Phi) is 12.7. The monoisotopic (exact) mass is 485 g/mol. The number of hydrogen-bond donors (Lipinski definition) is 1. The molecule has 1 radical (unpaired) electrons. The smallest absolute Gasteiger partial charge is 0.410 e. The van der Waals surface area contributed by atoms with Crippen molar-refractivity contribution in [1.29, 1.82) is 0 Å². The molecule has 0 unspecified atom stereocenters. The Labute approximate surface area is 201 Å². The quantitative estimate of drug-likeness (QED) is 0.199. The van der Waals surface area contributed by atoms with E-state index in [1.165, 1.54) is 12.3 Å². The molecule has 0 fully saturated rings. The molecule has 1 N–H and O–H groups in total. The van der Waals surface area contributed by atoms with Gasteiger partial charge in [0.2, 0.25) is 0 Å². The van der Waals surface area contributed by atoms with Crippen molar-refractivity contribution in [1.82, 2.24) is 10.1 Å². The first-order valence-electron chi connectivity index (χ1n) is 10.5. The number of hydrogen-bond acceptors (Lipinski definition) is 6. The number of alkyl halides is 2. The maximum Gasteiger partial charge on any atom is 0.410 e. The zero-order chi connectivity index (χ0) is 24.1. The minimum Gasteiger partial charge on any atom is -0.460 e. The van der Waals surface area contributed by atoms with E-state index in [9.17, 15) is 14.4 Å². The largest absolute Gasteiger partial charge is 0.460 e. The van der Waals surface area contributed by atoms with Crippen LogP contribution in [0.15, 0.2) is 18.2 Å². The topological polar surface area (TPSA) is 84.9 Å². The number of benzene rings is 1. The Morgan fingerprint density at radius 3 is 2.44 bits per heavy atom. The van der Waals surface area contributed by atoms with E-state index < -0.39 is 11.7 Å². The van der Waals surface area contributed by atoms with Gasteiger partial charge in [-0.3, -0.25) is 4.79 Å². The van der Waals surface area contributed by atoms with Gasteiger partial charge in [-0.05, 0) is 50.8 Å². The molecule has 0 aliphatic carbocycles. The number of nitrogens with one attached hydrogen (secondary N) is 1. The number of rotatable bonds is 13. The molecule has 0 saturated heterocycles. The molecule has 177 valence electrons. The van der Waals surface area contributed by atoms with E-state index in [1.807, 2.05) is 25.1 Å². The summed E-state index contributed by atoms with van der Waals surface area (Å²) >= 11 is 11.5.